The van der Waals surface area contributed by atoms with E-state index in [-0.39, 0.29) is 5.91 Å². The van der Waals surface area contributed by atoms with Crippen molar-refractivity contribution in [2.45, 2.75) is 57.5 Å². The molecule has 188 valence electrons. The second kappa shape index (κ2) is 11.6. The van der Waals surface area contributed by atoms with E-state index >= 15 is 0 Å². The van der Waals surface area contributed by atoms with Gasteiger partial charge in [0.2, 0.25) is 0 Å². The molecule has 3 aromatic rings. The third-order valence-corrected chi connectivity index (χ3v) is 7.36. The van der Waals surface area contributed by atoms with Gasteiger partial charge in [0.05, 0.1) is 13.7 Å². The molecule has 0 spiro atoms. The van der Waals surface area contributed by atoms with Gasteiger partial charge in [0, 0.05) is 36.3 Å². The monoisotopic (exact) mass is 484 g/mol. The number of hydrogen-bond donors (Lipinski definition) is 1. The topological polar surface area (TPSA) is 50.8 Å². The third-order valence-electron chi connectivity index (χ3n) is 7.36. The third kappa shape index (κ3) is 6.08. The first-order valence-electron chi connectivity index (χ1n) is 13.2. The molecular weight excluding hydrogens is 448 g/mol. The molecule has 2 aliphatic rings. The van der Waals surface area contributed by atoms with Crippen molar-refractivity contribution in [3.8, 4) is 11.5 Å². The second-order valence-electron chi connectivity index (χ2n) is 9.97. The van der Waals surface area contributed by atoms with E-state index in [1.165, 1.54) is 43.2 Å². The minimum absolute atomic E-state index is 0.143. The molecule has 0 saturated heterocycles. The molecule has 5 heteroatoms. The number of benzene rings is 3. The van der Waals surface area contributed by atoms with Crippen LogP contribution in [0.25, 0.3) is 0 Å². The number of ether oxygens (including phenoxy) is 2. The van der Waals surface area contributed by atoms with E-state index in [1.54, 1.807) is 7.11 Å². The molecular formula is C31H36N2O3. The standard InChI is InChI=1S/C31H36N2O3/c1-35-29-13-6-10-27(21-29)32-31(34)25-14-15-30-26(20-25)19-23-8-5-9-24(18-23)22-33(28-11-7-12-28)16-3-2-4-17-36-30/h5-6,8-10,13-15,18,20-21,28H,2-4,7,11-12,16-17,19,22H2,1H3,(H,32,34). The van der Waals surface area contributed by atoms with E-state index in [1.807, 2.05) is 42.5 Å². The van der Waals surface area contributed by atoms with Crippen LogP contribution in [0.4, 0.5) is 5.69 Å². The normalized spacial score (nSPS) is 17.1. The summed E-state index contributed by atoms with van der Waals surface area (Å²) < 4.78 is 11.5. The highest BCUT2D eigenvalue weighted by atomic mass is 16.5. The van der Waals surface area contributed by atoms with Gasteiger partial charge >= 0.3 is 0 Å². The van der Waals surface area contributed by atoms with E-state index in [4.69, 9.17) is 9.47 Å². The van der Waals surface area contributed by atoms with E-state index in [9.17, 15) is 4.79 Å². The van der Waals surface area contributed by atoms with E-state index in [2.05, 4.69) is 34.5 Å². The lowest BCUT2D eigenvalue weighted by Gasteiger charge is -2.38. The molecule has 1 aliphatic heterocycles. The lowest BCUT2D eigenvalue weighted by atomic mass is 9.90. The average Bonchev–Trinajstić information content (AvgIpc) is 2.85. The van der Waals surface area contributed by atoms with Gasteiger partial charge in [-0.2, -0.15) is 0 Å². The maximum Gasteiger partial charge on any atom is 0.255 e. The summed E-state index contributed by atoms with van der Waals surface area (Å²) in [5.74, 6) is 1.43. The number of amides is 1. The van der Waals surface area contributed by atoms with Gasteiger partial charge in [0.25, 0.3) is 5.91 Å². The molecule has 2 bridgehead atoms. The van der Waals surface area contributed by atoms with Gasteiger partial charge in [-0.15, -0.1) is 0 Å². The summed E-state index contributed by atoms with van der Waals surface area (Å²) >= 11 is 0. The molecule has 1 amide bonds. The first kappa shape index (κ1) is 24.4. The summed E-state index contributed by atoms with van der Waals surface area (Å²) in [5.41, 5.74) is 4.98. The van der Waals surface area contributed by atoms with Crippen molar-refractivity contribution in [2.75, 3.05) is 25.6 Å². The average molecular weight is 485 g/mol. The van der Waals surface area contributed by atoms with Crippen molar-refractivity contribution in [2.24, 2.45) is 0 Å². The fourth-order valence-electron chi connectivity index (χ4n) is 5.11. The molecule has 36 heavy (non-hydrogen) atoms. The Morgan fingerprint density at radius 3 is 2.64 bits per heavy atom. The number of nitrogens with zero attached hydrogens (tertiary/aromatic N) is 1. The summed E-state index contributed by atoms with van der Waals surface area (Å²) in [5, 5.41) is 2.99. The Morgan fingerprint density at radius 2 is 1.81 bits per heavy atom. The van der Waals surface area contributed by atoms with E-state index in [0.29, 0.717) is 23.6 Å². The molecule has 5 rings (SSSR count). The van der Waals surface area contributed by atoms with Gasteiger partial charge in [-0.05, 0) is 85.7 Å². The molecule has 0 aromatic heterocycles. The fourth-order valence-corrected chi connectivity index (χ4v) is 5.11. The zero-order chi connectivity index (χ0) is 24.7. The van der Waals surface area contributed by atoms with Crippen LogP contribution in [0.5, 0.6) is 11.5 Å². The van der Waals surface area contributed by atoms with Crippen LogP contribution in [0.3, 0.4) is 0 Å². The Bertz CT molecular complexity index is 1190. The summed E-state index contributed by atoms with van der Waals surface area (Å²) in [6.07, 6.45) is 8.16. The summed E-state index contributed by atoms with van der Waals surface area (Å²) in [6, 6.07) is 22.8. The predicted molar refractivity (Wildman–Crippen MR) is 144 cm³/mol. The van der Waals surface area contributed by atoms with Crippen molar-refractivity contribution < 1.29 is 14.3 Å². The van der Waals surface area contributed by atoms with Crippen molar-refractivity contribution in [3.63, 3.8) is 0 Å². The van der Waals surface area contributed by atoms with Crippen LogP contribution in [-0.4, -0.2) is 37.1 Å². The zero-order valence-electron chi connectivity index (χ0n) is 21.2. The van der Waals surface area contributed by atoms with Crippen LogP contribution in [0.15, 0.2) is 66.7 Å². The molecule has 1 fully saturated rings. The number of hydrogen-bond acceptors (Lipinski definition) is 4. The minimum atomic E-state index is -0.143. The number of methoxy groups -OCH3 is 1. The Morgan fingerprint density at radius 1 is 0.944 bits per heavy atom. The Labute approximate surface area is 214 Å². The quantitative estimate of drug-likeness (QED) is 0.462. The molecule has 3 aromatic carbocycles. The predicted octanol–water partition coefficient (Wildman–Crippen LogP) is 6.46. The van der Waals surface area contributed by atoms with Crippen LogP contribution >= 0.6 is 0 Å². The Kier molecular flexibility index (Phi) is 7.87. The summed E-state index contributed by atoms with van der Waals surface area (Å²) in [6.45, 7) is 2.88. The van der Waals surface area contributed by atoms with Crippen LogP contribution < -0.4 is 14.8 Å². The largest absolute Gasteiger partial charge is 0.497 e. The number of fused-ring (bicyclic) bond motifs is 3. The highest BCUT2D eigenvalue weighted by molar-refractivity contribution is 6.04. The Hall–Kier alpha value is -3.31. The van der Waals surface area contributed by atoms with Gasteiger partial charge in [0.15, 0.2) is 0 Å². The SMILES string of the molecule is COc1cccc(NC(=O)c2ccc3c(c2)Cc2cccc(c2)CN(C2CCC2)CCCCCO3)c1. The highest BCUT2D eigenvalue weighted by Crippen LogP contribution is 2.29. The molecule has 5 nitrogen and oxygen atoms in total. The fraction of sp³-hybridized carbons (Fsp3) is 0.387. The molecule has 0 unspecified atom stereocenters. The zero-order valence-corrected chi connectivity index (χ0v) is 21.2. The van der Waals surface area contributed by atoms with Crippen LogP contribution in [0.2, 0.25) is 0 Å². The maximum atomic E-state index is 13.1. The Balaban J connectivity index is 1.38. The number of anilines is 1. The van der Waals surface area contributed by atoms with Crippen LogP contribution in [0, 0.1) is 0 Å². The number of carbonyl (C=O) groups excluding carboxylic acids is 1. The number of rotatable bonds is 4. The lowest BCUT2D eigenvalue weighted by Crippen LogP contribution is -2.40. The number of nitrogens with one attached hydrogen (secondary N) is 1. The van der Waals surface area contributed by atoms with Gasteiger partial charge in [0.1, 0.15) is 11.5 Å². The summed E-state index contributed by atoms with van der Waals surface area (Å²) in [7, 11) is 1.62. The summed E-state index contributed by atoms with van der Waals surface area (Å²) in [4.78, 5) is 15.8. The van der Waals surface area contributed by atoms with Gasteiger partial charge < -0.3 is 14.8 Å². The first-order chi connectivity index (χ1) is 17.7. The lowest BCUT2D eigenvalue weighted by molar-refractivity contribution is 0.102. The smallest absolute Gasteiger partial charge is 0.255 e. The first-order valence-corrected chi connectivity index (χ1v) is 13.2. The maximum absolute atomic E-state index is 13.1. The van der Waals surface area contributed by atoms with Crippen LogP contribution in [-0.2, 0) is 13.0 Å². The molecule has 1 aliphatic carbocycles. The molecule has 1 N–H and O–H groups in total. The van der Waals surface area contributed by atoms with Crippen molar-refractivity contribution in [1.82, 2.24) is 4.90 Å². The highest BCUT2D eigenvalue weighted by Gasteiger charge is 2.24. The van der Waals surface area contributed by atoms with Gasteiger partial charge in [-0.3, -0.25) is 9.69 Å². The minimum Gasteiger partial charge on any atom is -0.497 e. The second-order valence-corrected chi connectivity index (χ2v) is 9.97. The van der Waals surface area contributed by atoms with Crippen molar-refractivity contribution in [1.29, 1.82) is 0 Å². The van der Waals surface area contributed by atoms with Gasteiger partial charge in [-0.1, -0.05) is 36.8 Å². The molecule has 0 radical (unpaired) electrons. The number of carbonyl (C=O) groups is 1. The van der Waals surface area contributed by atoms with Crippen molar-refractivity contribution >= 4 is 11.6 Å². The van der Waals surface area contributed by atoms with Gasteiger partial charge in [-0.25, -0.2) is 0 Å². The molecule has 1 heterocycles. The van der Waals surface area contributed by atoms with Crippen molar-refractivity contribution in [3.05, 3.63) is 89.0 Å². The molecule has 1 saturated carbocycles. The van der Waals surface area contributed by atoms with E-state index < -0.39 is 0 Å². The van der Waals surface area contributed by atoms with E-state index in [0.717, 1.165) is 43.3 Å². The van der Waals surface area contributed by atoms with Crippen LogP contribution in [0.1, 0.15) is 65.6 Å². The molecule has 0 atom stereocenters.